The molecule has 6 heteroatoms. The maximum atomic E-state index is 5.05. The van der Waals surface area contributed by atoms with Gasteiger partial charge in [0.1, 0.15) is 0 Å². The molecule has 0 spiro atoms. The molecular formula is C22H33IN4O. The number of guanidine groups is 1. The summed E-state index contributed by atoms with van der Waals surface area (Å²) in [6.07, 6.45) is 0. The Morgan fingerprint density at radius 1 is 1.00 bits per heavy atom. The molecule has 0 aliphatic heterocycles. The largest absolute Gasteiger partial charge is 0.383 e. The van der Waals surface area contributed by atoms with Crippen molar-refractivity contribution in [2.75, 3.05) is 39.2 Å². The number of aliphatic imine (C=N–C) groups is 1. The van der Waals surface area contributed by atoms with E-state index >= 15 is 0 Å². The SMILES string of the molecule is CN=C(NCc1ccc(NCCOC)cc1)NCC(C)(C)c1ccccc1.I. The van der Waals surface area contributed by atoms with Crippen molar-refractivity contribution in [3.05, 3.63) is 65.7 Å². The quantitative estimate of drug-likeness (QED) is 0.213. The minimum absolute atomic E-state index is 0. The first kappa shape index (κ1) is 24.2. The first-order valence-corrected chi connectivity index (χ1v) is 9.37. The number of nitrogens with one attached hydrogen (secondary N) is 3. The van der Waals surface area contributed by atoms with Crippen molar-refractivity contribution in [2.45, 2.75) is 25.8 Å². The number of hydrogen-bond acceptors (Lipinski definition) is 3. The number of anilines is 1. The van der Waals surface area contributed by atoms with Crippen LogP contribution in [0, 0.1) is 0 Å². The van der Waals surface area contributed by atoms with E-state index in [2.05, 4.69) is 83.3 Å². The number of rotatable bonds is 9. The van der Waals surface area contributed by atoms with Crippen LogP contribution < -0.4 is 16.0 Å². The monoisotopic (exact) mass is 496 g/mol. The van der Waals surface area contributed by atoms with Gasteiger partial charge in [-0.05, 0) is 23.3 Å². The van der Waals surface area contributed by atoms with Crippen LogP contribution in [0.15, 0.2) is 59.6 Å². The lowest BCUT2D eigenvalue weighted by Gasteiger charge is -2.26. The van der Waals surface area contributed by atoms with Crippen LogP contribution >= 0.6 is 24.0 Å². The van der Waals surface area contributed by atoms with E-state index in [-0.39, 0.29) is 29.4 Å². The first-order valence-electron chi connectivity index (χ1n) is 9.37. The van der Waals surface area contributed by atoms with E-state index in [1.807, 2.05) is 6.07 Å². The highest BCUT2D eigenvalue weighted by molar-refractivity contribution is 14.0. The predicted octanol–water partition coefficient (Wildman–Crippen LogP) is 4.01. The summed E-state index contributed by atoms with van der Waals surface area (Å²) in [5.74, 6) is 0.807. The lowest BCUT2D eigenvalue weighted by atomic mass is 9.85. The molecule has 5 nitrogen and oxygen atoms in total. The van der Waals surface area contributed by atoms with Gasteiger partial charge in [0.15, 0.2) is 5.96 Å². The van der Waals surface area contributed by atoms with E-state index in [0.717, 1.165) is 31.3 Å². The number of nitrogens with zero attached hydrogens (tertiary/aromatic N) is 1. The van der Waals surface area contributed by atoms with E-state index in [1.54, 1.807) is 14.2 Å². The molecule has 0 atom stereocenters. The van der Waals surface area contributed by atoms with Gasteiger partial charge in [-0.2, -0.15) is 0 Å². The second-order valence-electron chi connectivity index (χ2n) is 7.15. The van der Waals surface area contributed by atoms with Crippen LogP contribution in [0.3, 0.4) is 0 Å². The predicted molar refractivity (Wildman–Crippen MR) is 130 cm³/mol. The van der Waals surface area contributed by atoms with Crippen LogP contribution in [0.25, 0.3) is 0 Å². The summed E-state index contributed by atoms with van der Waals surface area (Å²) in [4.78, 5) is 4.34. The summed E-state index contributed by atoms with van der Waals surface area (Å²) in [6.45, 7) is 7.51. The van der Waals surface area contributed by atoms with Crippen LogP contribution in [0.2, 0.25) is 0 Å². The summed E-state index contributed by atoms with van der Waals surface area (Å²) >= 11 is 0. The Bertz CT molecular complexity index is 702. The zero-order chi connectivity index (χ0) is 19.5. The van der Waals surface area contributed by atoms with Crippen molar-refractivity contribution < 1.29 is 4.74 Å². The molecule has 2 aromatic rings. The Morgan fingerprint density at radius 3 is 2.29 bits per heavy atom. The average Bonchev–Trinajstić information content (AvgIpc) is 2.70. The fraction of sp³-hybridized carbons (Fsp3) is 0.409. The fourth-order valence-corrected chi connectivity index (χ4v) is 2.74. The van der Waals surface area contributed by atoms with Gasteiger partial charge in [0.2, 0.25) is 0 Å². The van der Waals surface area contributed by atoms with Gasteiger partial charge in [0, 0.05) is 44.9 Å². The Hall–Kier alpha value is -1.80. The van der Waals surface area contributed by atoms with Gasteiger partial charge in [0.25, 0.3) is 0 Å². The Labute approximate surface area is 186 Å². The molecule has 0 aromatic heterocycles. The number of methoxy groups -OCH3 is 1. The molecule has 154 valence electrons. The Morgan fingerprint density at radius 2 is 1.68 bits per heavy atom. The van der Waals surface area contributed by atoms with E-state index < -0.39 is 0 Å². The van der Waals surface area contributed by atoms with Gasteiger partial charge < -0.3 is 20.7 Å². The van der Waals surface area contributed by atoms with Crippen molar-refractivity contribution in [1.82, 2.24) is 10.6 Å². The Balaban J connectivity index is 0.00000392. The summed E-state index contributed by atoms with van der Waals surface area (Å²) in [7, 11) is 3.51. The van der Waals surface area contributed by atoms with Crippen molar-refractivity contribution in [1.29, 1.82) is 0 Å². The molecule has 0 unspecified atom stereocenters. The molecule has 0 aliphatic rings. The smallest absolute Gasteiger partial charge is 0.191 e. The lowest BCUT2D eigenvalue weighted by Crippen LogP contribution is -2.43. The van der Waals surface area contributed by atoms with Gasteiger partial charge >= 0.3 is 0 Å². The van der Waals surface area contributed by atoms with Crippen molar-refractivity contribution >= 4 is 35.6 Å². The van der Waals surface area contributed by atoms with Crippen molar-refractivity contribution in [3.63, 3.8) is 0 Å². The lowest BCUT2D eigenvalue weighted by molar-refractivity contribution is 0.211. The van der Waals surface area contributed by atoms with E-state index in [4.69, 9.17) is 4.74 Å². The molecule has 28 heavy (non-hydrogen) atoms. The summed E-state index contributed by atoms with van der Waals surface area (Å²) < 4.78 is 5.05. The highest BCUT2D eigenvalue weighted by Crippen LogP contribution is 2.21. The molecular weight excluding hydrogens is 463 g/mol. The highest BCUT2D eigenvalue weighted by atomic mass is 127. The van der Waals surface area contributed by atoms with E-state index in [1.165, 1.54) is 11.1 Å². The third kappa shape index (κ3) is 8.06. The average molecular weight is 496 g/mol. The van der Waals surface area contributed by atoms with Gasteiger partial charge in [-0.15, -0.1) is 24.0 Å². The summed E-state index contributed by atoms with van der Waals surface area (Å²) in [5, 5.41) is 10.1. The molecule has 0 bridgehead atoms. The molecule has 3 N–H and O–H groups in total. The molecule has 0 radical (unpaired) electrons. The maximum absolute atomic E-state index is 5.05. The van der Waals surface area contributed by atoms with Crippen LogP contribution in [-0.2, 0) is 16.7 Å². The first-order chi connectivity index (χ1) is 13.0. The standard InChI is InChI=1S/C22H32N4O.HI/c1-22(2,19-8-6-5-7-9-19)17-26-21(23-3)25-16-18-10-12-20(13-11-18)24-14-15-27-4;/h5-13,24H,14-17H2,1-4H3,(H2,23,25,26);1H. The van der Waals surface area contributed by atoms with Gasteiger partial charge in [-0.3, -0.25) is 4.99 Å². The van der Waals surface area contributed by atoms with Crippen molar-refractivity contribution in [3.8, 4) is 0 Å². The van der Waals surface area contributed by atoms with Crippen LogP contribution in [0.5, 0.6) is 0 Å². The van der Waals surface area contributed by atoms with E-state index in [0.29, 0.717) is 6.61 Å². The molecule has 0 heterocycles. The van der Waals surface area contributed by atoms with Crippen molar-refractivity contribution in [2.24, 2.45) is 4.99 Å². The molecule has 0 amide bonds. The topological polar surface area (TPSA) is 57.7 Å². The fourth-order valence-electron chi connectivity index (χ4n) is 2.74. The molecule has 2 aromatic carbocycles. The zero-order valence-corrected chi connectivity index (χ0v) is 19.6. The highest BCUT2D eigenvalue weighted by Gasteiger charge is 2.20. The normalized spacial score (nSPS) is 11.5. The van der Waals surface area contributed by atoms with Gasteiger partial charge in [-0.25, -0.2) is 0 Å². The van der Waals surface area contributed by atoms with Crippen LogP contribution in [-0.4, -0.2) is 39.8 Å². The second-order valence-corrected chi connectivity index (χ2v) is 7.15. The third-order valence-electron chi connectivity index (χ3n) is 4.53. The molecule has 2 rings (SSSR count). The zero-order valence-electron chi connectivity index (χ0n) is 17.3. The summed E-state index contributed by atoms with van der Waals surface area (Å²) in [6, 6.07) is 18.9. The van der Waals surface area contributed by atoms with E-state index in [9.17, 15) is 0 Å². The number of hydrogen-bond donors (Lipinski definition) is 3. The molecule has 0 fully saturated rings. The molecule has 0 saturated heterocycles. The van der Waals surface area contributed by atoms with Crippen LogP contribution in [0.4, 0.5) is 5.69 Å². The molecule has 0 aliphatic carbocycles. The van der Waals surface area contributed by atoms with Crippen LogP contribution in [0.1, 0.15) is 25.0 Å². The van der Waals surface area contributed by atoms with Gasteiger partial charge in [-0.1, -0.05) is 56.3 Å². The third-order valence-corrected chi connectivity index (χ3v) is 4.53. The number of halogens is 1. The minimum atomic E-state index is 0. The second kappa shape index (κ2) is 12.6. The van der Waals surface area contributed by atoms with Gasteiger partial charge in [0.05, 0.1) is 6.61 Å². The summed E-state index contributed by atoms with van der Waals surface area (Å²) in [5.41, 5.74) is 3.64. The minimum Gasteiger partial charge on any atom is -0.383 e. The molecule has 0 saturated carbocycles. The number of ether oxygens (including phenoxy) is 1. The number of benzene rings is 2. The Kier molecular flexibility index (Phi) is 10.9. The maximum Gasteiger partial charge on any atom is 0.191 e.